The van der Waals surface area contributed by atoms with E-state index in [0.717, 1.165) is 8.04 Å². The first-order chi connectivity index (χ1) is 9.49. The van der Waals surface area contributed by atoms with Crippen molar-refractivity contribution < 1.29 is 9.72 Å². The van der Waals surface area contributed by atoms with Crippen molar-refractivity contribution in [3.05, 3.63) is 66.2 Å². The molecular weight excluding hydrogens is 439 g/mol. The number of nitrogens with zero attached hydrogens (tertiary/aromatic N) is 1. The number of amides is 1. The summed E-state index contributed by atoms with van der Waals surface area (Å²) in [5, 5.41) is 13.6. The van der Waals surface area contributed by atoms with E-state index in [1.54, 1.807) is 18.2 Å². The van der Waals surface area contributed by atoms with Crippen molar-refractivity contribution in [1.29, 1.82) is 0 Å². The SMILES string of the molecule is O=C(Nc1ccc(Br)cc1I)c1ccccc1[N+](=O)[O-]. The van der Waals surface area contributed by atoms with Gasteiger partial charge >= 0.3 is 0 Å². The summed E-state index contributed by atoms with van der Waals surface area (Å²) < 4.78 is 1.73. The van der Waals surface area contributed by atoms with Crippen molar-refractivity contribution in [3.63, 3.8) is 0 Å². The van der Waals surface area contributed by atoms with Gasteiger partial charge in [0.2, 0.25) is 0 Å². The molecule has 102 valence electrons. The third-order valence-corrected chi connectivity index (χ3v) is 3.91. The lowest BCUT2D eigenvalue weighted by Gasteiger charge is -2.08. The summed E-state index contributed by atoms with van der Waals surface area (Å²) in [6.45, 7) is 0. The number of hydrogen-bond donors (Lipinski definition) is 1. The van der Waals surface area contributed by atoms with E-state index in [9.17, 15) is 14.9 Å². The first kappa shape index (κ1) is 14.9. The Morgan fingerprint density at radius 1 is 1.25 bits per heavy atom. The molecule has 1 amide bonds. The van der Waals surface area contributed by atoms with Gasteiger partial charge in [0.1, 0.15) is 5.56 Å². The Bertz CT molecular complexity index is 691. The monoisotopic (exact) mass is 446 g/mol. The standard InChI is InChI=1S/C13H8BrIN2O3/c14-8-5-6-11(10(15)7-8)16-13(18)9-3-1-2-4-12(9)17(19)20/h1-7H,(H,16,18). The zero-order valence-corrected chi connectivity index (χ0v) is 13.7. The summed E-state index contributed by atoms with van der Waals surface area (Å²) in [6.07, 6.45) is 0. The molecule has 0 unspecified atom stereocenters. The Morgan fingerprint density at radius 3 is 2.60 bits per heavy atom. The Hall–Kier alpha value is -1.48. The van der Waals surface area contributed by atoms with E-state index >= 15 is 0 Å². The number of rotatable bonds is 3. The van der Waals surface area contributed by atoms with Crippen LogP contribution in [0.15, 0.2) is 46.9 Å². The number of carbonyl (C=O) groups is 1. The van der Waals surface area contributed by atoms with E-state index in [1.807, 2.05) is 6.07 Å². The van der Waals surface area contributed by atoms with Gasteiger partial charge in [-0.05, 0) is 46.9 Å². The summed E-state index contributed by atoms with van der Waals surface area (Å²) in [5.74, 6) is -0.502. The molecule has 0 saturated carbocycles. The van der Waals surface area contributed by atoms with Gasteiger partial charge in [0, 0.05) is 14.1 Å². The van der Waals surface area contributed by atoms with Crippen molar-refractivity contribution in [2.75, 3.05) is 5.32 Å². The van der Waals surface area contributed by atoms with Crippen LogP contribution in [0.4, 0.5) is 11.4 Å². The molecule has 0 aliphatic carbocycles. The zero-order valence-electron chi connectivity index (χ0n) is 9.97. The van der Waals surface area contributed by atoms with Crippen molar-refractivity contribution in [1.82, 2.24) is 0 Å². The number of nitro groups is 1. The van der Waals surface area contributed by atoms with E-state index in [-0.39, 0.29) is 11.3 Å². The van der Waals surface area contributed by atoms with E-state index in [1.165, 1.54) is 18.2 Å². The molecule has 0 aliphatic heterocycles. The van der Waals surface area contributed by atoms with E-state index in [4.69, 9.17) is 0 Å². The number of carbonyl (C=O) groups excluding carboxylic acids is 1. The molecule has 0 aromatic heterocycles. The first-order valence-corrected chi connectivity index (χ1v) is 7.36. The number of para-hydroxylation sites is 1. The van der Waals surface area contributed by atoms with Crippen LogP contribution in [0.3, 0.4) is 0 Å². The number of benzene rings is 2. The van der Waals surface area contributed by atoms with Crippen LogP contribution in [0.5, 0.6) is 0 Å². The molecule has 2 aromatic rings. The third kappa shape index (κ3) is 3.34. The minimum atomic E-state index is -0.568. The molecule has 0 spiro atoms. The lowest BCUT2D eigenvalue weighted by molar-refractivity contribution is -0.385. The molecule has 5 nitrogen and oxygen atoms in total. The molecule has 0 bridgehead atoms. The molecule has 0 radical (unpaired) electrons. The van der Waals surface area contributed by atoms with Crippen LogP contribution in [0.1, 0.15) is 10.4 Å². The summed E-state index contributed by atoms with van der Waals surface area (Å²) in [7, 11) is 0. The lowest BCUT2D eigenvalue weighted by atomic mass is 10.1. The highest BCUT2D eigenvalue weighted by Gasteiger charge is 2.19. The van der Waals surface area contributed by atoms with Gasteiger partial charge in [0.25, 0.3) is 11.6 Å². The molecular formula is C13H8BrIN2O3. The van der Waals surface area contributed by atoms with Gasteiger partial charge < -0.3 is 5.32 Å². The van der Waals surface area contributed by atoms with E-state index < -0.39 is 10.8 Å². The van der Waals surface area contributed by atoms with Crippen LogP contribution in [0.2, 0.25) is 0 Å². The molecule has 20 heavy (non-hydrogen) atoms. The van der Waals surface area contributed by atoms with Gasteiger partial charge in [-0.2, -0.15) is 0 Å². The molecule has 2 aromatic carbocycles. The Labute approximate surface area is 136 Å². The quantitative estimate of drug-likeness (QED) is 0.436. The van der Waals surface area contributed by atoms with Crippen LogP contribution in [0, 0.1) is 13.7 Å². The molecule has 0 aliphatic rings. The Balaban J connectivity index is 2.31. The average molecular weight is 447 g/mol. The second-order valence-electron chi connectivity index (χ2n) is 3.85. The summed E-state index contributed by atoms with van der Waals surface area (Å²) >= 11 is 5.41. The first-order valence-electron chi connectivity index (χ1n) is 5.49. The smallest absolute Gasteiger partial charge is 0.282 e. The molecule has 0 saturated heterocycles. The fraction of sp³-hybridized carbons (Fsp3) is 0. The third-order valence-electron chi connectivity index (χ3n) is 2.52. The van der Waals surface area contributed by atoms with Crippen LogP contribution < -0.4 is 5.32 Å². The van der Waals surface area contributed by atoms with E-state index in [2.05, 4.69) is 43.8 Å². The zero-order chi connectivity index (χ0) is 14.7. The Kier molecular flexibility index (Phi) is 4.71. The molecule has 0 atom stereocenters. The van der Waals surface area contributed by atoms with Crippen LogP contribution in [-0.4, -0.2) is 10.8 Å². The topological polar surface area (TPSA) is 72.2 Å². The maximum Gasteiger partial charge on any atom is 0.282 e. The number of nitro benzene ring substituents is 1. The highest BCUT2D eigenvalue weighted by molar-refractivity contribution is 14.1. The van der Waals surface area contributed by atoms with Crippen molar-refractivity contribution >= 4 is 55.8 Å². The molecule has 7 heteroatoms. The van der Waals surface area contributed by atoms with Crippen LogP contribution >= 0.6 is 38.5 Å². The average Bonchev–Trinajstić information content (AvgIpc) is 2.41. The minimum absolute atomic E-state index is 0.0382. The fourth-order valence-corrected chi connectivity index (χ4v) is 3.04. The molecule has 1 N–H and O–H groups in total. The highest BCUT2D eigenvalue weighted by Crippen LogP contribution is 2.24. The van der Waals surface area contributed by atoms with E-state index in [0.29, 0.717) is 5.69 Å². The van der Waals surface area contributed by atoms with Gasteiger partial charge in [-0.1, -0.05) is 28.1 Å². The van der Waals surface area contributed by atoms with Crippen LogP contribution in [-0.2, 0) is 0 Å². The van der Waals surface area contributed by atoms with Gasteiger partial charge in [0.05, 0.1) is 10.6 Å². The summed E-state index contributed by atoms with van der Waals surface area (Å²) in [5.41, 5.74) is 0.435. The van der Waals surface area contributed by atoms with Crippen molar-refractivity contribution in [3.8, 4) is 0 Å². The van der Waals surface area contributed by atoms with Crippen LogP contribution in [0.25, 0.3) is 0 Å². The molecule has 0 heterocycles. The molecule has 0 fully saturated rings. The lowest BCUT2D eigenvalue weighted by Crippen LogP contribution is -2.14. The normalized spacial score (nSPS) is 10.1. The predicted molar refractivity (Wildman–Crippen MR) is 87.9 cm³/mol. The predicted octanol–water partition coefficient (Wildman–Crippen LogP) is 4.21. The van der Waals surface area contributed by atoms with Crippen molar-refractivity contribution in [2.45, 2.75) is 0 Å². The molecule has 2 rings (SSSR count). The van der Waals surface area contributed by atoms with Gasteiger partial charge in [0.15, 0.2) is 0 Å². The Morgan fingerprint density at radius 2 is 1.95 bits per heavy atom. The van der Waals surface area contributed by atoms with Gasteiger partial charge in [-0.25, -0.2) is 0 Å². The van der Waals surface area contributed by atoms with Crippen molar-refractivity contribution in [2.24, 2.45) is 0 Å². The number of halogens is 2. The largest absolute Gasteiger partial charge is 0.321 e. The second kappa shape index (κ2) is 6.31. The fourth-order valence-electron chi connectivity index (χ4n) is 1.61. The summed E-state index contributed by atoms with van der Waals surface area (Å²) in [4.78, 5) is 22.5. The maximum absolute atomic E-state index is 12.1. The maximum atomic E-state index is 12.1. The van der Waals surface area contributed by atoms with Gasteiger partial charge in [-0.3, -0.25) is 14.9 Å². The van der Waals surface area contributed by atoms with Gasteiger partial charge in [-0.15, -0.1) is 0 Å². The number of nitrogens with one attached hydrogen (secondary N) is 1. The highest BCUT2D eigenvalue weighted by atomic mass is 127. The summed E-state index contributed by atoms with van der Waals surface area (Å²) in [6, 6.07) is 11.2. The minimum Gasteiger partial charge on any atom is -0.321 e. The number of anilines is 1. The number of hydrogen-bond acceptors (Lipinski definition) is 3. The second-order valence-corrected chi connectivity index (χ2v) is 5.93.